The smallest absolute Gasteiger partial charge is 0.108 e. The first-order chi connectivity index (χ1) is 9.20. The Morgan fingerprint density at radius 2 is 2.16 bits per heavy atom. The summed E-state index contributed by atoms with van der Waals surface area (Å²) in [6.45, 7) is 8.98. The lowest BCUT2D eigenvalue weighted by atomic mass is 9.92. The zero-order valence-corrected chi connectivity index (χ0v) is 12.7. The summed E-state index contributed by atoms with van der Waals surface area (Å²) in [4.78, 5) is 4.57. The lowest BCUT2D eigenvalue weighted by Gasteiger charge is -2.21. The van der Waals surface area contributed by atoms with Gasteiger partial charge in [0.25, 0.3) is 0 Å². The zero-order valence-electron chi connectivity index (χ0n) is 12.7. The van der Waals surface area contributed by atoms with Crippen LogP contribution in [0.1, 0.15) is 52.3 Å². The van der Waals surface area contributed by atoms with Crippen LogP contribution in [0.2, 0.25) is 0 Å². The van der Waals surface area contributed by atoms with Crippen molar-refractivity contribution in [2.75, 3.05) is 6.54 Å². The molecule has 2 unspecified atom stereocenters. The van der Waals surface area contributed by atoms with Gasteiger partial charge in [0.15, 0.2) is 0 Å². The first kappa shape index (κ1) is 14.6. The molecule has 1 aromatic heterocycles. The van der Waals surface area contributed by atoms with Gasteiger partial charge in [-0.05, 0) is 37.6 Å². The van der Waals surface area contributed by atoms with Crippen LogP contribution < -0.4 is 5.32 Å². The Balaban J connectivity index is 1.91. The van der Waals surface area contributed by atoms with Gasteiger partial charge in [-0.1, -0.05) is 27.2 Å². The van der Waals surface area contributed by atoms with Crippen LogP contribution in [0, 0.1) is 11.8 Å². The van der Waals surface area contributed by atoms with Crippen LogP contribution in [-0.2, 0) is 13.0 Å². The van der Waals surface area contributed by atoms with E-state index < -0.39 is 0 Å². The highest BCUT2D eigenvalue weighted by Gasteiger charge is 2.28. The minimum absolute atomic E-state index is 0.600. The van der Waals surface area contributed by atoms with Crippen LogP contribution in [-0.4, -0.2) is 22.1 Å². The maximum absolute atomic E-state index is 4.57. The minimum atomic E-state index is 0.600. The second-order valence-electron chi connectivity index (χ2n) is 6.25. The summed E-state index contributed by atoms with van der Waals surface area (Å²) in [6.07, 6.45) is 10.6. The summed E-state index contributed by atoms with van der Waals surface area (Å²) < 4.78 is 2.34. The molecule has 0 aliphatic heterocycles. The average Bonchev–Trinajstić information content (AvgIpc) is 2.98. The number of aromatic nitrogens is 2. The van der Waals surface area contributed by atoms with E-state index in [4.69, 9.17) is 0 Å². The van der Waals surface area contributed by atoms with Gasteiger partial charge in [0.05, 0.1) is 0 Å². The van der Waals surface area contributed by atoms with E-state index in [1.165, 1.54) is 38.1 Å². The molecule has 1 N–H and O–H groups in total. The third-order valence-corrected chi connectivity index (χ3v) is 4.32. The molecular weight excluding hydrogens is 234 g/mol. The van der Waals surface area contributed by atoms with Crippen molar-refractivity contribution in [1.82, 2.24) is 14.9 Å². The Labute approximate surface area is 117 Å². The Bertz CT molecular complexity index is 370. The fraction of sp³-hybridized carbons (Fsp3) is 0.812. The zero-order chi connectivity index (χ0) is 13.7. The molecule has 1 saturated carbocycles. The van der Waals surface area contributed by atoms with Gasteiger partial charge < -0.3 is 9.88 Å². The van der Waals surface area contributed by atoms with Gasteiger partial charge >= 0.3 is 0 Å². The molecule has 1 fully saturated rings. The molecule has 1 aliphatic rings. The predicted molar refractivity (Wildman–Crippen MR) is 80.2 cm³/mol. The lowest BCUT2D eigenvalue weighted by molar-refractivity contribution is 0.346. The van der Waals surface area contributed by atoms with E-state index in [0.29, 0.717) is 6.04 Å². The summed E-state index contributed by atoms with van der Waals surface area (Å²) in [5.74, 6) is 2.96. The molecule has 0 radical (unpaired) electrons. The van der Waals surface area contributed by atoms with Crippen LogP contribution >= 0.6 is 0 Å². The highest BCUT2D eigenvalue weighted by molar-refractivity contribution is 4.96. The second kappa shape index (κ2) is 7.09. The maximum atomic E-state index is 4.57. The third-order valence-electron chi connectivity index (χ3n) is 4.32. The Kier molecular flexibility index (Phi) is 5.44. The molecule has 0 aromatic carbocycles. The van der Waals surface area contributed by atoms with Crippen LogP contribution in [0.3, 0.4) is 0 Å². The summed E-state index contributed by atoms with van der Waals surface area (Å²) in [7, 11) is 0. The molecule has 0 bridgehead atoms. The standard InChI is InChI=1S/C16H29N3/c1-4-9-19-10-8-17-16(19)11-14-6-5-7-15(14)12-18-13(2)3/h8,10,13-15,18H,4-7,9,11-12H2,1-3H3. The highest BCUT2D eigenvalue weighted by atomic mass is 15.1. The number of rotatable bonds is 7. The van der Waals surface area contributed by atoms with E-state index in [2.05, 4.69) is 41.8 Å². The van der Waals surface area contributed by atoms with Gasteiger partial charge in [-0.3, -0.25) is 0 Å². The predicted octanol–water partition coefficient (Wildman–Crippen LogP) is 3.25. The molecule has 3 heteroatoms. The average molecular weight is 263 g/mol. The molecule has 108 valence electrons. The fourth-order valence-corrected chi connectivity index (χ4v) is 3.25. The van der Waals surface area contributed by atoms with Crippen molar-refractivity contribution >= 4 is 0 Å². The summed E-state index contributed by atoms with van der Waals surface area (Å²) in [5.41, 5.74) is 0. The summed E-state index contributed by atoms with van der Waals surface area (Å²) in [5, 5.41) is 3.61. The molecule has 1 aromatic rings. The van der Waals surface area contributed by atoms with Crippen LogP contribution in [0.5, 0.6) is 0 Å². The quantitative estimate of drug-likeness (QED) is 0.818. The van der Waals surface area contributed by atoms with Crippen molar-refractivity contribution in [2.45, 2.75) is 65.5 Å². The minimum Gasteiger partial charge on any atom is -0.335 e. The molecule has 2 atom stereocenters. The van der Waals surface area contributed by atoms with E-state index >= 15 is 0 Å². The van der Waals surface area contributed by atoms with E-state index in [1.807, 2.05) is 6.20 Å². The van der Waals surface area contributed by atoms with Crippen molar-refractivity contribution in [1.29, 1.82) is 0 Å². The van der Waals surface area contributed by atoms with Crippen LogP contribution in [0.15, 0.2) is 12.4 Å². The largest absolute Gasteiger partial charge is 0.335 e. The summed E-state index contributed by atoms with van der Waals surface area (Å²) >= 11 is 0. The Hall–Kier alpha value is -0.830. The number of hydrogen-bond acceptors (Lipinski definition) is 2. The molecule has 0 spiro atoms. The van der Waals surface area contributed by atoms with Gasteiger partial charge in [-0.2, -0.15) is 0 Å². The normalized spacial score (nSPS) is 23.4. The fourth-order valence-electron chi connectivity index (χ4n) is 3.25. The topological polar surface area (TPSA) is 29.9 Å². The molecule has 1 aliphatic carbocycles. The van der Waals surface area contributed by atoms with Crippen molar-refractivity contribution in [3.05, 3.63) is 18.2 Å². The SMILES string of the molecule is CCCn1ccnc1CC1CCCC1CNC(C)C. The van der Waals surface area contributed by atoms with Crippen molar-refractivity contribution in [3.63, 3.8) is 0 Å². The Morgan fingerprint density at radius 3 is 2.89 bits per heavy atom. The third kappa shape index (κ3) is 4.07. The van der Waals surface area contributed by atoms with E-state index in [0.717, 1.165) is 24.8 Å². The monoisotopic (exact) mass is 263 g/mol. The first-order valence-electron chi connectivity index (χ1n) is 7.94. The summed E-state index contributed by atoms with van der Waals surface area (Å²) in [6, 6.07) is 0.600. The number of hydrogen-bond donors (Lipinski definition) is 1. The number of nitrogens with one attached hydrogen (secondary N) is 1. The Morgan fingerprint density at radius 1 is 1.37 bits per heavy atom. The molecular formula is C16H29N3. The highest BCUT2D eigenvalue weighted by Crippen LogP contribution is 2.33. The van der Waals surface area contributed by atoms with Crippen molar-refractivity contribution in [3.8, 4) is 0 Å². The van der Waals surface area contributed by atoms with Gasteiger partial charge in [-0.15, -0.1) is 0 Å². The molecule has 0 saturated heterocycles. The van der Waals surface area contributed by atoms with E-state index in [1.54, 1.807) is 0 Å². The molecule has 2 rings (SSSR count). The van der Waals surface area contributed by atoms with Crippen molar-refractivity contribution in [2.24, 2.45) is 11.8 Å². The number of imidazole rings is 1. The maximum Gasteiger partial charge on any atom is 0.108 e. The van der Waals surface area contributed by atoms with Gasteiger partial charge in [0, 0.05) is 31.4 Å². The van der Waals surface area contributed by atoms with Gasteiger partial charge in [-0.25, -0.2) is 4.98 Å². The van der Waals surface area contributed by atoms with Crippen molar-refractivity contribution < 1.29 is 0 Å². The lowest BCUT2D eigenvalue weighted by Crippen LogP contribution is -2.31. The second-order valence-corrected chi connectivity index (χ2v) is 6.25. The van der Waals surface area contributed by atoms with Crippen LogP contribution in [0.25, 0.3) is 0 Å². The van der Waals surface area contributed by atoms with Crippen LogP contribution in [0.4, 0.5) is 0 Å². The number of nitrogens with zero attached hydrogens (tertiary/aromatic N) is 2. The van der Waals surface area contributed by atoms with Gasteiger partial charge in [0.2, 0.25) is 0 Å². The van der Waals surface area contributed by atoms with Gasteiger partial charge in [0.1, 0.15) is 5.82 Å². The molecule has 3 nitrogen and oxygen atoms in total. The van der Waals surface area contributed by atoms with E-state index in [9.17, 15) is 0 Å². The first-order valence-corrected chi connectivity index (χ1v) is 7.94. The number of aryl methyl sites for hydroxylation is 1. The van der Waals surface area contributed by atoms with E-state index in [-0.39, 0.29) is 0 Å². The molecule has 19 heavy (non-hydrogen) atoms. The molecule has 1 heterocycles. The molecule has 0 amide bonds.